The number of hydrogen-bond donors (Lipinski definition) is 3. The van der Waals surface area contributed by atoms with Crippen LogP contribution in [0, 0.1) is 0 Å². The minimum atomic E-state index is -0.126. The first-order chi connectivity index (χ1) is 13.2. The Morgan fingerprint density at radius 2 is 1.89 bits per heavy atom. The van der Waals surface area contributed by atoms with Gasteiger partial charge < -0.3 is 15.0 Å². The van der Waals surface area contributed by atoms with Crippen molar-refractivity contribution in [2.24, 2.45) is 0 Å². The van der Waals surface area contributed by atoms with Gasteiger partial charge in [0.15, 0.2) is 0 Å². The molecule has 1 saturated heterocycles. The summed E-state index contributed by atoms with van der Waals surface area (Å²) in [6.07, 6.45) is 3.01. The van der Waals surface area contributed by atoms with E-state index in [4.69, 9.17) is 4.74 Å². The Labute approximate surface area is 160 Å². The molecule has 1 aliphatic rings. The van der Waals surface area contributed by atoms with Crippen molar-refractivity contribution in [2.45, 2.75) is 31.3 Å². The van der Waals surface area contributed by atoms with Crippen molar-refractivity contribution in [2.75, 3.05) is 26.0 Å². The molecule has 0 radical (unpaired) electrons. The van der Waals surface area contributed by atoms with E-state index in [0.29, 0.717) is 30.1 Å². The third kappa shape index (κ3) is 5.21. The summed E-state index contributed by atoms with van der Waals surface area (Å²) < 4.78 is 5.27. The SMILES string of the molecule is COc1ccccc1NC(=O)N(C)CCCC1CC(c2ccccc2)NN1. The van der Waals surface area contributed by atoms with Crippen LogP contribution in [0.3, 0.4) is 0 Å². The fourth-order valence-electron chi connectivity index (χ4n) is 3.35. The number of para-hydroxylation sites is 2. The predicted molar refractivity (Wildman–Crippen MR) is 108 cm³/mol. The van der Waals surface area contributed by atoms with E-state index in [9.17, 15) is 4.79 Å². The number of anilines is 1. The van der Waals surface area contributed by atoms with Crippen LogP contribution >= 0.6 is 0 Å². The molecule has 144 valence electrons. The highest BCUT2D eigenvalue weighted by Gasteiger charge is 2.24. The van der Waals surface area contributed by atoms with E-state index in [1.54, 1.807) is 12.0 Å². The molecular weight excluding hydrogens is 340 g/mol. The molecule has 3 rings (SSSR count). The molecule has 6 heteroatoms. The van der Waals surface area contributed by atoms with Gasteiger partial charge in [-0.15, -0.1) is 0 Å². The van der Waals surface area contributed by atoms with Gasteiger partial charge in [0.1, 0.15) is 5.75 Å². The molecule has 2 amide bonds. The Balaban J connectivity index is 1.40. The molecule has 0 saturated carbocycles. The number of ether oxygens (including phenoxy) is 1. The first kappa shape index (κ1) is 19.2. The highest BCUT2D eigenvalue weighted by Crippen LogP contribution is 2.24. The number of amides is 2. The van der Waals surface area contributed by atoms with Crippen molar-refractivity contribution < 1.29 is 9.53 Å². The van der Waals surface area contributed by atoms with E-state index in [2.05, 4.69) is 40.4 Å². The lowest BCUT2D eigenvalue weighted by molar-refractivity contribution is 0.221. The van der Waals surface area contributed by atoms with Gasteiger partial charge in [0.05, 0.1) is 12.8 Å². The fraction of sp³-hybridized carbons (Fsp3) is 0.381. The first-order valence-corrected chi connectivity index (χ1v) is 9.38. The Kier molecular flexibility index (Phi) is 6.68. The van der Waals surface area contributed by atoms with Crippen molar-refractivity contribution in [3.05, 3.63) is 60.2 Å². The number of benzene rings is 2. The van der Waals surface area contributed by atoms with Gasteiger partial charge in [-0.05, 0) is 37.0 Å². The second-order valence-electron chi connectivity index (χ2n) is 6.88. The minimum absolute atomic E-state index is 0.126. The van der Waals surface area contributed by atoms with Gasteiger partial charge in [0.2, 0.25) is 0 Å². The number of nitrogens with one attached hydrogen (secondary N) is 3. The average Bonchev–Trinajstić information content (AvgIpc) is 3.18. The summed E-state index contributed by atoms with van der Waals surface area (Å²) in [6.45, 7) is 0.704. The summed E-state index contributed by atoms with van der Waals surface area (Å²) in [5.41, 5.74) is 8.74. The Hall–Kier alpha value is -2.57. The first-order valence-electron chi connectivity index (χ1n) is 9.38. The van der Waals surface area contributed by atoms with E-state index in [0.717, 1.165) is 19.3 Å². The number of methoxy groups -OCH3 is 1. The highest BCUT2D eigenvalue weighted by molar-refractivity contribution is 5.90. The van der Waals surface area contributed by atoms with Crippen molar-refractivity contribution in [1.82, 2.24) is 15.8 Å². The van der Waals surface area contributed by atoms with Crippen LogP contribution in [0.1, 0.15) is 30.9 Å². The second-order valence-corrected chi connectivity index (χ2v) is 6.88. The van der Waals surface area contributed by atoms with Crippen molar-refractivity contribution in [3.8, 4) is 5.75 Å². The van der Waals surface area contributed by atoms with Gasteiger partial charge in [-0.1, -0.05) is 42.5 Å². The largest absolute Gasteiger partial charge is 0.495 e. The van der Waals surface area contributed by atoms with Crippen molar-refractivity contribution in [1.29, 1.82) is 0 Å². The molecule has 2 aromatic carbocycles. The fourth-order valence-corrected chi connectivity index (χ4v) is 3.35. The van der Waals surface area contributed by atoms with Crippen LogP contribution in [0.2, 0.25) is 0 Å². The minimum Gasteiger partial charge on any atom is -0.495 e. The van der Waals surface area contributed by atoms with Gasteiger partial charge in [0.25, 0.3) is 0 Å². The van der Waals surface area contributed by atoms with Crippen LogP contribution in [0.5, 0.6) is 5.75 Å². The Morgan fingerprint density at radius 1 is 1.15 bits per heavy atom. The summed E-state index contributed by atoms with van der Waals surface area (Å²) in [6, 6.07) is 18.5. The van der Waals surface area contributed by atoms with Crippen LogP contribution in [0.15, 0.2) is 54.6 Å². The van der Waals surface area contributed by atoms with E-state index in [-0.39, 0.29) is 6.03 Å². The number of hydrogen-bond acceptors (Lipinski definition) is 4. The second kappa shape index (κ2) is 9.39. The number of urea groups is 1. The molecule has 3 N–H and O–H groups in total. The van der Waals surface area contributed by atoms with Gasteiger partial charge in [-0.2, -0.15) is 0 Å². The molecule has 0 aromatic heterocycles. The topological polar surface area (TPSA) is 65.6 Å². The van der Waals surface area contributed by atoms with Crippen molar-refractivity contribution in [3.63, 3.8) is 0 Å². The summed E-state index contributed by atoms with van der Waals surface area (Å²) in [7, 11) is 3.41. The molecule has 2 aromatic rings. The molecular formula is C21H28N4O2. The zero-order valence-electron chi connectivity index (χ0n) is 15.9. The normalized spacial score (nSPS) is 18.9. The number of carbonyl (C=O) groups is 1. The molecule has 27 heavy (non-hydrogen) atoms. The summed E-state index contributed by atoms with van der Waals surface area (Å²) >= 11 is 0. The predicted octanol–water partition coefficient (Wildman–Crippen LogP) is 3.55. The maximum Gasteiger partial charge on any atom is 0.321 e. The molecule has 0 aliphatic carbocycles. The summed E-state index contributed by atoms with van der Waals surface area (Å²) in [4.78, 5) is 14.1. The zero-order chi connectivity index (χ0) is 19.1. The molecule has 1 heterocycles. The van der Waals surface area contributed by atoms with E-state index in [1.807, 2.05) is 37.4 Å². The monoisotopic (exact) mass is 368 g/mol. The smallest absolute Gasteiger partial charge is 0.321 e. The third-order valence-corrected chi connectivity index (χ3v) is 4.93. The van der Waals surface area contributed by atoms with Gasteiger partial charge in [-0.25, -0.2) is 4.79 Å². The third-order valence-electron chi connectivity index (χ3n) is 4.93. The molecule has 1 fully saturated rings. The van der Waals surface area contributed by atoms with Crippen molar-refractivity contribution >= 4 is 11.7 Å². The van der Waals surface area contributed by atoms with Crippen LogP contribution in [-0.4, -0.2) is 37.7 Å². The van der Waals surface area contributed by atoms with Gasteiger partial charge in [-0.3, -0.25) is 10.9 Å². The molecule has 2 unspecified atom stereocenters. The lowest BCUT2D eigenvalue weighted by Gasteiger charge is -2.19. The van der Waals surface area contributed by atoms with E-state index in [1.165, 1.54) is 5.56 Å². The van der Waals surface area contributed by atoms with Crippen LogP contribution in [0.4, 0.5) is 10.5 Å². The Bertz CT molecular complexity index is 738. The quantitative estimate of drug-likeness (QED) is 0.699. The molecule has 0 spiro atoms. The lowest BCUT2D eigenvalue weighted by atomic mass is 10.00. The summed E-state index contributed by atoms with van der Waals surface area (Å²) in [5, 5.41) is 2.90. The average molecular weight is 368 g/mol. The summed E-state index contributed by atoms with van der Waals surface area (Å²) in [5.74, 6) is 0.660. The highest BCUT2D eigenvalue weighted by atomic mass is 16.5. The van der Waals surface area contributed by atoms with Crippen LogP contribution in [-0.2, 0) is 0 Å². The van der Waals surface area contributed by atoms with Crippen LogP contribution in [0.25, 0.3) is 0 Å². The zero-order valence-corrected chi connectivity index (χ0v) is 15.9. The van der Waals surface area contributed by atoms with Crippen LogP contribution < -0.4 is 20.9 Å². The number of carbonyl (C=O) groups excluding carboxylic acids is 1. The van der Waals surface area contributed by atoms with Gasteiger partial charge >= 0.3 is 6.03 Å². The molecule has 2 atom stereocenters. The Morgan fingerprint density at radius 3 is 2.67 bits per heavy atom. The van der Waals surface area contributed by atoms with Gasteiger partial charge in [0, 0.05) is 25.7 Å². The standard InChI is InChI=1S/C21H28N4O2/c1-25(21(26)22-18-12-6-7-13-20(18)27-2)14-8-11-17-15-19(24-23-17)16-9-4-3-5-10-16/h3-7,9-10,12-13,17,19,23-24H,8,11,14-15H2,1-2H3,(H,22,26). The lowest BCUT2D eigenvalue weighted by Crippen LogP contribution is -2.34. The molecule has 0 bridgehead atoms. The number of rotatable bonds is 7. The maximum absolute atomic E-state index is 12.4. The maximum atomic E-state index is 12.4. The number of hydrazine groups is 1. The molecule has 6 nitrogen and oxygen atoms in total. The molecule has 1 aliphatic heterocycles. The number of nitrogens with zero attached hydrogens (tertiary/aromatic N) is 1. The van der Waals surface area contributed by atoms with E-state index < -0.39 is 0 Å². The van der Waals surface area contributed by atoms with E-state index >= 15 is 0 Å².